The molecule has 0 bridgehead atoms. The molecule has 0 saturated carbocycles. The summed E-state index contributed by atoms with van der Waals surface area (Å²) in [6.45, 7) is 5.27. The van der Waals surface area contributed by atoms with Gasteiger partial charge >= 0.3 is 6.03 Å². The Morgan fingerprint density at radius 1 is 1.25 bits per heavy atom. The zero-order valence-corrected chi connectivity index (χ0v) is 14.8. The number of amides is 2. The molecule has 0 spiro atoms. The fourth-order valence-electron chi connectivity index (χ4n) is 2.56. The van der Waals surface area contributed by atoms with Gasteiger partial charge in [0.05, 0.1) is 21.9 Å². The third-order valence-electron chi connectivity index (χ3n) is 3.86. The number of hydrogen-bond acceptors (Lipinski definition) is 4. The third-order valence-corrected chi connectivity index (χ3v) is 4.35. The van der Waals surface area contributed by atoms with Crippen LogP contribution in [0.15, 0.2) is 24.7 Å². The molecule has 2 amide bonds. The fourth-order valence-corrected chi connectivity index (χ4v) is 3.06. The lowest BCUT2D eigenvalue weighted by molar-refractivity contribution is 0.208. The molecule has 0 aliphatic carbocycles. The zero-order chi connectivity index (χ0) is 17.1. The summed E-state index contributed by atoms with van der Waals surface area (Å²) in [4.78, 5) is 20.4. The molecule has 0 unspecified atom stereocenters. The minimum absolute atomic E-state index is 0.125. The van der Waals surface area contributed by atoms with E-state index in [-0.39, 0.29) is 6.03 Å². The van der Waals surface area contributed by atoms with Crippen molar-refractivity contribution >= 4 is 40.7 Å². The number of aromatic nitrogens is 3. The first-order chi connectivity index (χ1) is 11.6. The van der Waals surface area contributed by atoms with Crippen molar-refractivity contribution in [3.8, 4) is 0 Å². The lowest BCUT2D eigenvalue weighted by Gasteiger charge is -2.35. The number of pyridine rings is 1. The summed E-state index contributed by atoms with van der Waals surface area (Å²) in [7, 11) is 0. The van der Waals surface area contributed by atoms with Gasteiger partial charge < -0.3 is 15.1 Å². The standard InChI is InChI=1S/C15H18Cl2N6O/c1-2-23-10-12(9-19-23)20-15(24)22-5-3-21(4-6-22)14-13(17)7-11(16)8-18-14/h7-10H,2-6H2,1H3,(H,20,24). The molecule has 1 saturated heterocycles. The quantitative estimate of drug-likeness (QED) is 0.904. The van der Waals surface area contributed by atoms with Crippen LogP contribution in [0.3, 0.4) is 0 Å². The van der Waals surface area contributed by atoms with Crippen LogP contribution in [0.25, 0.3) is 0 Å². The number of hydrogen-bond donors (Lipinski definition) is 1. The molecule has 9 heteroatoms. The predicted molar refractivity (Wildman–Crippen MR) is 95.0 cm³/mol. The SMILES string of the molecule is CCn1cc(NC(=O)N2CCN(c3ncc(Cl)cc3Cl)CC2)cn1. The number of urea groups is 1. The first kappa shape index (κ1) is 16.9. The molecule has 24 heavy (non-hydrogen) atoms. The smallest absolute Gasteiger partial charge is 0.322 e. The van der Waals surface area contributed by atoms with Crippen LogP contribution in [0.4, 0.5) is 16.3 Å². The van der Waals surface area contributed by atoms with Gasteiger partial charge in [-0.15, -0.1) is 0 Å². The Balaban J connectivity index is 1.57. The number of nitrogens with zero attached hydrogens (tertiary/aromatic N) is 5. The van der Waals surface area contributed by atoms with E-state index in [1.807, 2.05) is 13.1 Å². The minimum Gasteiger partial charge on any atom is -0.352 e. The topological polar surface area (TPSA) is 66.3 Å². The summed E-state index contributed by atoms with van der Waals surface area (Å²) in [5.74, 6) is 0.699. The molecule has 1 fully saturated rings. The molecule has 1 aliphatic heterocycles. The molecular formula is C15H18Cl2N6O. The Labute approximate surface area is 150 Å². The van der Waals surface area contributed by atoms with E-state index in [0.29, 0.717) is 47.7 Å². The Bertz CT molecular complexity index is 727. The molecule has 7 nitrogen and oxygen atoms in total. The summed E-state index contributed by atoms with van der Waals surface area (Å²) in [5, 5.41) is 8.04. The third kappa shape index (κ3) is 3.73. The Morgan fingerprint density at radius 3 is 2.62 bits per heavy atom. The monoisotopic (exact) mass is 368 g/mol. The summed E-state index contributed by atoms with van der Waals surface area (Å²) in [6, 6.07) is 1.55. The van der Waals surface area contributed by atoms with Crippen LogP contribution in [0.5, 0.6) is 0 Å². The molecule has 1 N–H and O–H groups in total. The van der Waals surface area contributed by atoms with Crippen LogP contribution in [-0.2, 0) is 6.54 Å². The summed E-state index contributed by atoms with van der Waals surface area (Å²) in [5.41, 5.74) is 0.701. The lowest BCUT2D eigenvalue weighted by atomic mass is 10.3. The Kier molecular flexibility index (Phi) is 5.11. The highest BCUT2D eigenvalue weighted by Gasteiger charge is 2.23. The number of piperazine rings is 1. The normalized spacial score (nSPS) is 14.8. The van der Waals surface area contributed by atoms with E-state index in [0.717, 1.165) is 6.54 Å². The van der Waals surface area contributed by atoms with Gasteiger partial charge in [0.15, 0.2) is 0 Å². The van der Waals surface area contributed by atoms with Gasteiger partial charge in [-0.2, -0.15) is 5.10 Å². The summed E-state index contributed by atoms with van der Waals surface area (Å²) in [6.07, 6.45) is 5.04. The van der Waals surface area contributed by atoms with E-state index in [9.17, 15) is 4.79 Å². The van der Waals surface area contributed by atoms with E-state index in [1.54, 1.807) is 28.0 Å². The highest BCUT2D eigenvalue weighted by Crippen LogP contribution is 2.26. The Morgan fingerprint density at radius 2 is 2.00 bits per heavy atom. The zero-order valence-electron chi connectivity index (χ0n) is 13.2. The number of carbonyl (C=O) groups is 1. The van der Waals surface area contributed by atoms with Crippen molar-refractivity contribution in [1.29, 1.82) is 0 Å². The maximum absolute atomic E-state index is 12.3. The first-order valence-electron chi connectivity index (χ1n) is 7.71. The molecule has 128 valence electrons. The van der Waals surface area contributed by atoms with E-state index in [1.165, 1.54) is 0 Å². The second kappa shape index (κ2) is 7.27. The van der Waals surface area contributed by atoms with E-state index in [4.69, 9.17) is 23.2 Å². The van der Waals surface area contributed by atoms with E-state index >= 15 is 0 Å². The van der Waals surface area contributed by atoms with E-state index in [2.05, 4.69) is 20.3 Å². The second-order valence-electron chi connectivity index (χ2n) is 5.45. The highest BCUT2D eigenvalue weighted by molar-refractivity contribution is 6.36. The molecule has 0 aromatic carbocycles. The van der Waals surface area contributed by atoms with Gasteiger partial charge in [0.1, 0.15) is 5.82 Å². The van der Waals surface area contributed by atoms with Crippen molar-refractivity contribution in [3.05, 3.63) is 34.7 Å². The van der Waals surface area contributed by atoms with Crippen LogP contribution in [0, 0.1) is 0 Å². The van der Waals surface area contributed by atoms with Gasteiger partial charge in [0.25, 0.3) is 0 Å². The summed E-state index contributed by atoms with van der Waals surface area (Å²) >= 11 is 12.1. The average molecular weight is 369 g/mol. The van der Waals surface area contributed by atoms with Crippen molar-refractivity contribution < 1.29 is 4.79 Å². The molecule has 3 heterocycles. The maximum Gasteiger partial charge on any atom is 0.322 e. The number of halogens is 2. The molecule has 2 aromatic rings. The molecule has 3 rings (SSSR count). The minimum atomic E-state index is -0.125. The highest BCUT2D eigenvalue weighted by atomic mass is 35.5. The fraction of sp³-hybridized carbons (Fsp3) is 0.400. The van der Waals surface area contributed by atoms with Crippen molar-refractivity contribution in [2.75, 3.05) is 36.4 Å². The molecule has 0 atom stereocenters. The van der Waals surface area contributed by atoms with Crippen LogP contribution < -0.4 is 10.2 Å². The number of carbonyl (C=O) groups excluding carboxylic acids is 1. The molecule has 2 aromatic heterocycles. The lowest BCUT2D eigenvalue weighted by Crippen LogP contribution is -2.50. The predicted octanol–water partition coefficient (Wildman–Crippen LogP) is 2.96. The number of nitrogens with one attached hydrogen (secondary N) is 1. The van der Waals surface area contributed by atoms with Crippen LogP contribution in [0.1, 0.15) is 6.92 Å². The van der Waals surface area contributed by atoms with Crippen molar-refractivity contribution in [1.82, 2.24) is 19.7 Å². The Hall–Kier alpha value is -1.99. The maximum atomic E-state index is 12.3. The first-order valence-corrected chi connectivity index (χ1v) is 8.47. The number of aryl methyl sites for hydroxylation is 1. The van der Waals surface area contributed by atoms with Crippen LogP contribution in [-0.4, -0.2) is 51.9 Å². The van der Waals surface area contributed by atoms with Gasteiger partial charge in [-0.25, -0.2) is 9.78 Å². The van der Waals surface area contributed by atoms with Crippen molar-refractivity contribution in [3.63, 3.8) is 0 Å². The molecular weight excluding hydrogens is 351 g/mol. The van der Waals surface area contributed by atoms with Gasteiger partial charge in [0, 0.05) is 45.1 Å². The largest absolute Gasteiger partial charge is 0.352 e. The molecule has 0 radical (unpaired) electrons. The van der Waals surface area contributed by atoms with Crippen LogP contribution in [0.2, 0.25) is 10.0 Å². The average Bonchev–Trinajstić information content (AvgIpc) is 3.03. The van der Waals surface area contributed by atoms with Crippen LogP contribution >= 0.6 is 23.2 Å². The van der Waals surface area contributed by atoms with Gasteiger partial charge in [0.2, 0.25) is 0 Å². The number of anilines is 2. The van der Waals surface area contributed by atoms with Crippen molar-refractivity contribution in [2.45, 2.75) is 13.5 Å². The van der Waals surface area contributed by atoms with Crippen molar-refractivity contribution in [2.24, 2.45) is 0 Å². The molecule has 1 aliphatic rings. The summed E-state index contributed by atoms with van der Waals surface area (Å²) < 4.78 is 1.77. The number of rotatable bonds is 3. The second-order valence-corrected chi connectivity index (χ2v) is 6.29. The van der Waals surface area contributed by atoms with Gasteiger partial charge in [-0.05, 0) is 13.0 Å². The van der Waals surface area contributed by atoms with Gasteiger partial charge in [-0.3, -0.25) is 4.68 Å². The van der Waals surface area contributed by atoms with Gasteiger partial charge in [-0.1, -0.05) is 23.2 Å². The van der Waals surface area contributed by atoms with E-state index < -0.39 is 0 Å².